The highest BCUT2D eigenvalue weighted by atomic mass is 35.5. The molecule has 1 heterocycles. The molecule has 2 atom stereocenters. The number of fused-ring (bicyclic) bond motifs is 1. The van der Waals surface area contributed by atoms with Crippen LogP contribution in [0.15, 0.2) is 24.3 Å². The van der Waals surface area contributed by atoms with Crippen molar-refractivity contribution < 1.29 is 4.79 Å². The second-order valence-electron chi connectivity index (χ2n) is 7.40. The number of anilines is 2. The number of carbonyl (C=O) groups excluding carboxylic acids is 1. The van der Waals surface area contributed by atoms with E-state index in [0.29, 0.717) is 18.4 Å². The molecule has 0 spiro atoms. The van der Waals surface area contributed by atoms with Crippen molar-refractivity contribution in [2.45, 2.75) is 32.1 Å². The Morgan fingerprint density at radius 2 is 1.76 bits per heavy atom. The number of amides is 1. The summed E-state index contributed by atoms with van der Waals surface area (Å²) in [5, 5.41) is 0. The lowest BCUT2D eigenvalue weighted by atomic mass is 9.94. The first-order valence-electron chi connectivity index (χ1n) is 9.13. The van der Waals surface area contributed by atoms with Gasteiger partial charge in [0.05, 0.1) is 11.4 Å². The lowest BCUT2D eigenvalue weighted by molar-refractivity contribution is -0.123. The summed E-state index contributed by atoms with van der Waals surface area (Å²) in [6.07, 6.45) is 5.98. The van der Waals surface area contributed by atoms with Crippen LogP contribution in [0.2, 0.25) is 0 Å². The molecule has 1 aromatic rings. The standard InChI is InChI=1S/C19H27N3O.2ClH/c20-12-15-4-3-5-16(15)19(23)22-11-10-21(13-14-8-9-14)17-6-1-2-7-18(17)22;;/h1-2,6-7,14-16H,3-5,8-13,20H2;2*1H/t15-,16-;;/m1../s1. The zero-order valence-electron chi connectivity index (χ0n) is 14.6. The second-order valence-corrected chi connectivity index (χ2v) is 7.40. The van der Waals surface area contributed by atoms with E-state index in [-0.39, 0.29) is 30.7 Å². The van der Waals surface area contributed by atoms with Crippen molar-refractivity contribution in [3.8, 4) is 0 Å². The van der Waals surface area contributed by atoms with Crippen LogP contribution in [0.4, 0.5) is 11.4 Å². The first-order chi connectivity index (χ1) is 11.3. The van der Waals surface area contributed by atoms with Crippen molar-refractivity contribution in [2.24, 2.45) is 23.5 Å². The van der Waals surface area contributed by atoms with E-state index in [1.165, 1.54) is 18.5 Å². The maximum absolute atomic E-state index is 13.1. The highest BCUT2D eigenvalue weighted by Gasteiger charge is 2.38. The third-order valence-electron chi connectivity index (χ3n) is 5.83. The van der Waals surface area contributed by atoms with Crippen molar-refractivity contribution in [3.63, 3.8) is 0 Å². The van der Waals surface area contributed by atoms with E-state index < -0.39 is 0 Å². The van der Waals surface area contributed by atoms with Gasteiger partial charge in [0.2, 0.25) is 5.91 Å². The average Bonchev–Trinajstić information content (AvgIpc) is 3.27. The Morgan fingerprint density at radius 3 is 2.44 bits per heavy atom. The molecule has 2 aliphatic carbocycles. The SMILES string of the molecule is Cl.Cl.NC[C@H]1CCC[C@H]1C(=O)N1CCN(CC2CC2)c2ccccc21. The largest absolute Gasteiger partial charge is 0.368 e. The Hall–Kier alpha value is -0.970. The molecule has 4 nitrogen and oxygen atoms in total. The lowest BCUT2D eigenvalue weighted by Gasteiger charge is -2.39. The molecule has 2 fully saturated rings. The van der Waals surface area contributed by atoms with E-state index >= 15 is 0 Å². The molecule has 0 aromatic heterocycles. The Kier molecular flexibility index (Phi) is 7.01. The van der Waals surface area contributed by atoms with Crippen LogP contribution in [-0.4, -0.2) is 32.1 Å². The van der Waals surface area contributed by atoms with Gasteiger partial charge in [0, 0.05) is 25.6 Å². The number of hydrogen-bond acceptors (Lipinski definition) is 3. The van der Waals surface area contributed by atoms with Crippen LogP contribution in [-0.2, 0) is 4.79 Å². The van der Waals surface area contributed by atoms with Gasteiger partial charge in [0.1, 0.15) is 0 Å². The molecule has 6 heteroatoms. The summed E-state index contributed by atoms with van der Waals surface area (Å²) in [4.78, 5) is 17.6. The number of hydrogen-bond donors (Lipinski definition) is 1. The van der Waals surface area contributed by atoms with Crippen LogP contribution in [0.5, 0.6) is 0 Å². The summed E-state index contributed by atoms with van der Waals surface area (Å²) in [5.41, 5.74) is 8.23. The summed E-state index contributed by atoms with van der Waals surface area (Å²) in [5.74, 6) is 1.67. The van der Waals surface area contributed by atoms with Gasteiger partial charge in [0.15, 0.2) is 0 Å². The van der Waals surface area contributed by atoms with Gasteiger partial charge in [-0.1, -0.05) is 18.6 Å². The van der Waals surface area contributed by atoms with Gasteiger partial charge in [-0.15, -0.1) is 24.8 Å². The van der Waals surface area contributed by atoms with Gasteiger partial charge in [0.25, 0.3) is 0 Å². The van der Waals surface area contributed by atoms with Crippen molar-refractivity contribution >= 4 is 42.1 Å². The van der Waals surface area contributed by atoms with E-state index in [9.17, 15) is 4.79 Å². The van der Waals surface area contributed by atoms with E-state index in [0.717, 1.165) is 50.5 Å². The Labute approximate surface area is 162 Å². The van der Waals surface area contributed by atoms with E-state index in [1.807, 2.05) is 4.90 Å². The highest BCUT2D eigenvalue weighted by Crippen LogP contribution is 2.40. The molecule has 4 rings (SSSR count). The van der Waals surface area contributed by atoms with Crippen LogP contribution >= 0.6 is 24.8 Å². The minimum atomic E-state index is 0. The molecule has 2 N–H and O–H groups in total. The minimum Gasteiger partial charge on any atom is -0.368 e. The van der Waals surface area contributed by atoms with Gasteiger partial charge in [-0.25, -0.2) is 0 Å². The monoisotopic (exact) mass is 385 g/mol. The quantitative estimate of drug-likeness (QED) is 0.862. The molecule has 25 heavy (non-hydrogen) atoms. The van der Waals surface area contributed by atoms with Crippen molar-refractivity contribution in [3.05, 3.63) is 24.3 Å². The smallest absolute Gasteiger partial charge is 0.230 e. The molecule has 3 aliphatic rings. The van der Waals surface area contributed by atoms with Crippen LogP contribution in [0, 0.1) is 17.8 Å². The van der Waals surface area contributed by atoms with Gasteiger partial charge in [-0.05, 0) is 56.2 Å². The van der Waals surface area contributed by atoms with Crippen LogP contribution in [0.25, 0.3) is 0 Å². The number of halogens is 2. The van der Waals surface area contributed by atoms with Crippen LogP contribution < -0.4 is 15.5 Å². The van der Waals surface area contributed by atoms with Gasteiger partial charge < -0.3 is 15.5 Å². The fourth-order valence-corrected chi connectivity index (χ4v) is 4.30. The molecule has 1 aliphatic heterocycles. The summed E-state index contributed by atoms with van der Waals surface area (Å²) in [7, 11) is 0. The fourth-order valence-electron chi connectivity index (χ4n) is 4.30. The molecule has 0 bridgehead atoms. The van der Waals surface area contributed by atoms with E-state index in [1.54, 1.807) is 0 Å². The molecule has 1 aromatic carbocycles. The molecule has 0 saturated heterocycles. The topological polar surface area (TPSA) is 49.6 Å². The average molecular weight is 386 g/mol. The first-order valence-corrected chi connectivity index (χ1v) is 9.13. The van der Waals surface area contributed by atoms with E-state index in [2.05, 4.69) is 29.2 Å². The first kappa shape index (κ1) is 20.3. The normalized spacial score (nSPS) is 25.0. The molecule has 0 radical (unpaired) electrons. The summed E-state index contributed by atoms with van der Waals surface area (Å²) in [6.45, 7) is 3.56. The Morgan fingerprint density at radius 1 is 1.04 bits per heavy atom. The van der Waals surface area contributed by atoms with Crippen molar-refractivity contribution in [2.75, 3.05) is 36.0 Å². The van der Waals surface area contributed by atoms with Crippen molar-refractivity contribution in [1.82, 2.24) is 0 Å². The number of carbonyl (C=O) groups is 1. The Balaban J connectivity index is 0.00000113. The third kappa shape index (κ3) is 4.07. The third-order valence-corrected chi connectivity index (χ3v) is 5.83. The lowest BCUT2D eigenvalue weighted by Crippen LogP contribution is -2.47. The molecule has 0 unspecified atom stereocenters. The molecular weight excluding hydrogens is 357 g/mol. The van der Waals surface area contributed by atoms with Crippen LogP contribution in [0.1, 0.15) is 32.1 Å². The molecule has 140 valence electrons. The summed E-state index contributed by atoms with van der Waals surface area (Å²) in [6, 6.07) is 8.42. The summed E-state index contributed by atoms with van der Waals surface area (Å²) >= 11 is 0. The molecular formula is C19H29Cl2N3O. The minimum absolute atomic E-state index is 0. The maximum Gasteiger partial charge on any atom is 0.230 e. The maximum atomic E-state index is 13.1. The Bertz CT molecular complexity index is 594. The van der Waals surface area contributed by atoms with E-state index in [4.69, 9.17) is 5.73 Å². The van der Waals surface area contributed by atoms with Crippen LogP contribution in [0.3, 0.4) is 0 Å². The number of nitrogens with zero attached hydrogens (tertiary/aromatic N) is 2. The predicted octanol–water partition coefficient (Wildman–Crippen LogP) is 3.47. The second kappa shape index (κ2) is 8.61. The number of rotatable bonds is 4. The zero-order chi connectivity index (χ0) is 15.8. The predicted molar refractivity (Wildman–Crippen MR) is 108 cm³/mol. The molecule has 1 amide bonds. The number of para-hydroxylation sites is 2. The van der Waals surface area contributed by atoms with Gasteiger partial charge in [-0.2, -0.15) is 0 Å². The summed E-state index contributed by atoms with van der Waals surface area (Å²) < 4.78 is 0. The van der Waals surface area contributed by atoms with Gasteiger partial charge >= 0.3 is 0 Å². The number of nitrogens with two attached hydrogens (primary N) is 1. The molecule has 2 saturated carbocycles. The van der Waals surface area contributed by atoms with Gasteiger partial charge in [-0.3, -0.25) is 4.79 Å². The highest BCUT2D eigenvalue weighted by molar-refractivity contribution is 5.99. The number of benzene rings is 1. The zero-order valence-corrected chi connectivity index (χ0v) is 16.2. The fraction of sp³-hybridized carbons (Fsp3) is 0.632. The van der Waals surface area contributed by atoms with Crippen molar-refractivity contribution in [1.29, 1.82) is 0 Å².